The standard InChI is InChI=1S/C15H17FN2S/c16-12-3-4-13-14(7-12)19-15(18-13)17-8-11-6-9-1-2-10(11)5-9/h3-4,7,9-11H,1-2,5-6,8H2,(H,17,18). The van der Waals surface area contributed by atoms with Gasteiger partial charge in [-0.1, -0.05) is 17.8 Å². The molecule has 3 unspecified atom stereocenters. The lowest BCUT2D eigenvalue weighted by Gasteiger charge is -2.21. The number of nitrogens with zero attached hydrogens (tertiary/aromatic N) is 1. The smallest absolute Gasteiger partial charge is 0.183 e. The predicted molar refractivity (Wildman–Crippen MR) is 77.0 cm³/mol. The third kappa shape index (κ3) is 2.12. The molecule has 1 aromatic carbocycles. The summed E-state index contributed by atoms with van der Waals surface area (Å²) in [6.07, 6.45) is 5.69. The molecule has 0 aliphatic heterocycles. The fourth-order valence-electron chi connectivity index (χ4n) is 3.82. The van der Waals surface area contributed by atoms with Crippen molar-refractivity contribution < 1.29 is 4.39 Å². The highest BCUT2D eigenvalue weighted by molar-refractivity contribution is 7.22. The molecule has 1 aromatic heterocycles. The van der Waals surface area contributed by atoms with Crippen molar-refractivity contribution in [3.8, 4) is 0 Å². The molecule has 2 saturated carbocycles. The first-order valence-corrected chi connectivity index (χ1v) is 7.89. The van der Waals surface area contributed by atoms with E-state index < -0.39 is 0 Å². The maximum Gasteiger partial charge on any atom is 0.183 e. The zero-order valence-corrected chi connectivity index (χ0v) is 11.5. The lowest BCUT2D eigenvalue weighted by molar-refractivity contribution is 0.348. The first-order chi connectivity index (χ1) is 9.28. The van der Waals surface area contributed by atoms with Gasteiger partial charge in [-0.05, 0) is 55.2 Å². The predicted octanol–water partition coefficient (Wildman–Crippen LogP) is 4.28. The zero-order chi connectivity index (χ0) is 12.8. The van der Waals surface area contributed by atoms with Crippen molar-refractivity contribution in [1.82, 2.24) is 4.98 Å². The number of aromatic nitrogens is 1. The fraction of sp³-hybridized carbons (Fsp3) is 0.533. The van der Waals surface area contributed by atoms with Crippen LogP contribution in [0, 0.1) is 23.6 Å². The molecule has 2 nitrogen and oxygen atoms in total. The largest absolute Gasteiger partial charge is 0.361 e. The van der Waals surface area contributed by atoms with Gasteiger partial charge in [-0.15, -0.1) is 0 Å². The number of halogens is 1. The van der Waals surface area contributed by atoms with E-state index in [4.69, 9.17) is 0 Å². The summed E-state index contributed by atoms with van der Waals surface area (Å²) in [5, 5.41) is 4.40. The Hall–Kier alpha value is -1.16. The monoisotopic (exact) mass is 276 g/mol. The second-order valence-corrected chi connectivity index (χ2v) is 6.98. The van der Waals surface area contributed by atoms with E-state index in [9.17, 15) is 4.39 Å². The van der Waals surface area contributed by atoms with Crippen LogP contribution in [0.5, 0.6) is 0 Å². The van der Waals surface area contributed by atoms with Crippen LogP contribution in [0.1, 0.15) is 25.7 Å². The molecule has 1 N–H and O–H groups in total. The number of nitrogens with one attached hydrogen (secondary N) is 1. The topological polar surface area (TPSA) is 24.9 Å². The Balaban J connectivity index is 1.46. The molecule has 4 heteroatoms. The summed E-state index contributed by atoms with van der Waals surface area (Å²) < 4.78 is 14.1. The van der Waals surface area contributed by atoms with Gasteiger partial charge in [0.05, 0.1) is 10.2 Å². The van der Waals surface area contributed by atoms with E-state index in [1.807, 2.05) is 0 Å². The van der Waals surface area contributed by atoms with Crippen LogP contribution in [0.3, 0.4) is 0 Å². The van der Waals surface area contributed by atoms with Crippen molar-refractivity contribution in [1.29, 1.82) is 0 Å². The normalized spacial score (nSPS) is 29.2. The lowest BCUT2D eigenvalue weighted by atomic mass is 9.89. The molecule has 0 radical (unpaired) electrons. The Bertz CT molecular complexity index is 609. The SMILES string of the molecule is Fc1ccc2nc(NCC3CC4CCC3C4)sc2c1. The minimum absolute atomic E-state index is 0.184. The summed E-state index contributed by atoms with van der Waals surface area (Å²) in [6, 6.07) is 4.79. The minimum atomic E-state index is -0.184. The van der Waals surface area contributed by atoms with E-state index >= 15 is 0 Å². The molecule has 1 heterocycles. The number of fused-ring (bicyclic) bond motifs is 3. The first kappa shape index (κ1) is 11.6. The molecule has 0 spiro atoms. The van der Waals surface area contributed by atoms with Crippen LogP contribution in [0.2, 0.25) is 0 Å². The van der Waals surface area contributed by atoms with Gasteiger partial charge in [0, 0.05) is 6.54 Å². The van der Waals surface area contributed by atoms with Crippen molar-refractivity contribution >= 4 is 26.7 Å². The Morgan fingerprint density at radius 3 is 3.05 bits per heavy atom. The van der Waals surface area contributed by atoms with Gasteiger partial charge in [0.15, 0.2) is 5.13 Å². The van der Waals surface area contributed by atoms with Crippen LogP contribution in [0.4, 0.5) is 9.52 Å². The summed E-state index contributed by atoms with van der Waals surface area (Å²) in [4.78, 5) is 4.52. The van der Waals surface area contributed by atoms with Crippen LogP contribution >= 0.6 is 11.3 Å². The van der Waals surface area contributed by atoms with E-state index in [2.05, 4.69) is 10.3 Å². The summed E-state index contributed by atoms with van der Waals surface area (Å²) in [7, 11) is 0. The van der Waals surface area contributed by atoms with Gasteiger partial charge >= 0.3 is 0 Å². The lowest BCUT2D eigenvalue weighted by Crippen LogP contribution is -2.19. The molecule has 2 fully saturated rings. The highest BCUT2D eigenvalue weighted by Gasteiger charge is 2.39. The molecule has 0 amide bonds. The van der Waals surface area contributed by atoms with Gasteiger partial charge in [0.25, 0.3) is 0 Å². The molecule has 3 atom stereocenters. The third-order valence-corrected chi connectivity index (χ3v) is 5.73. The Kier molecular flexibility index (Phi) is 2.72. The van der Waals surface area contributed by atoms with E-state index in [1.165, 1.54) is 31.7 Å². The van der Waals surface area contributed by atoms with E-state index in [0.29, 0.717) is 0 Å². The highest BCUT2D eigenvalue weighted by Crippen LogP contribution is 2.48. The third-order valence-electron chi connectivity index (χ3n) is 4.75. The second kappa shape index (κ2) is 4.44. The van der Waals surface area contributed by atoms with Crippen LogP contribution in [0.15, 0.2) is 18.2 Å². The number of benzene rings is 1. The number of hydrogen-bond donors (Lipinski definition) is 1. The fourth-order valence-corrected chi connectivity index (χ4v) is 4.72. The Labute approximate surface area is 116 Å². The van der Waals surface area contributed by atoms with Gasteiger partial charge in [-0.25, -0.2) is 9.37 Å². The molecule has 2 aromatic rings. The van der Waals surface area contributed by atoms with Crippen LogP contribution in [0.25, 0.3) is 10.2 Å². The molecular weight excluding hydrogens is 259 g/mol. The zero-order valence-electron chi connectivity index (χ0n) is 10.7. The summed E-state index contributed by atoms with van der Waals surface area (Å²) in [5.41, 5.74) is 0.891. The molecule has 0 saturated heterocycles. The maximum atomic E-state index is 13.1. The summed E-state index contributed by atoms with van der Waals surface area (Å²) >= 11 is 1.55. The van der Waals surface area contributed by atoms with E-state index in [0.717, 1.165) is 39.6 Å². The highest BCUT2D eigenvalue weighted by atomic mass is 32.1. The van der Waals surface area contributed by atoms with Gasteiger partial charge in [-0.2, -0.15) is 0 Å². The summed E-state index contributed by atoms with van der Waals surface area (Å²) in [6.45, 7) is 1.03. The molecule has 4 rings (SSSR count). The van der Waals surface area contributed by atoms with Gasteiger partial charge in [0.2, 0.25) is 0 Å². The Morgan fingerprint density at radius 1 is 1.32 bits per heavy atom. The average molecular weight is 276 g/mol. The number of anilines is 1. The van der Waals surface area contributed by atoms with Crippen LogP contribution in [-0.2, 0) is 0 Å². The maximum absolute atomic E-state index is 13.1. The molecular formula is C15H17FN2S. The van der Waals surface area contributed by atoms with Crippen molar-refractivity contribution in [2.24, 2.45) is 17.8 Å². The molecule has 2 aliphatic rings. The number of hydrogen-bond acceptors (Lipinski definition) is 3. The molecule has 19 heavy (non-hydrogen) atoms. The average Bonchev–Trinajstić information content (AvgIpc) is 3.09. The minimum Gasteiger partial charge on any atom is -0.361 e. The van der Waals surface area contributed by atoms with Crippen molar-refractivity contribution in [2.45, 2.75) is 25.7 Å². The van der Waals surface area contributed by atoms with Gasteiger partial charge in [0.1, 0.15) is 5.82 Å². The van der Waals surface area contributed by atoms with Gasteiger partial charge < -0.3 is 5.32 Å². The molecule has 2 aliphatic carbocycles. The molecule has 100 valence electrons. The Morgan fingerprint density at radius 2 is 2.26 bits per heavy atom. The van der Waals surface area contributed by atoms with E-state index in [-0.39, 0.29) is 5.82 Å². The number of thiazole rings is 1. The summed E-state index contributed by atoms with van der Waals surface area (Å²) in [5.74, 6) is 2.56. The van der Waals surface area contributed by atoms with Crippen molar-refractivity contribution in [3.05, 3.63) is 24.0 Å². The molecule has 2 bridgehead atoms. The van der Waals surface area contributed by atoms with Crippen LogP contribution in [-0.4, -0.2) is 11.5 Å². The van der Waals surface area contributed by atoms with Crippen molar-refractivity contribution in [2.75, 3.05) is 11.9 Å². The van der Waals surface area contributed by atoms with Crippen molar-refractivity contribution in [3.63, 3.8) is 0 Å². The quantitative estimate of drug-likeness (QED) is 0.905. The van der Waals surface area contributed by atoms with Gasteiger partial charge in [-0.3, -0.25) is 0 Å². The van der Waals surface area contributed by atoms with E-state index in [1.54, 1.807) is 23.5 Å². The first-order valence-electron chi connectivity index (χ1n) is 7.08. The second-order valence-electron chi connectivity index (χ2n) is 5.95. The van der Waals surface area contributed by atoms with Crippen LogP contribution < -0.4 is 5.32 Å². The number of rotatable bonds is 3.